The average Bonchev–Trinajstić information content (AvgIpc) is 3.74. The van der Waals surface area contributed by atoms with E-state index < -0.39 is 0 Å². The van der Waals surface area contributed by atoms with Gasteiger partial charge in [-0.3, -0.25) is 4.79 Å². The molecule has 6 aromatic rings. The first-order valence-electron chi connectivity index (χ1n) is 14.1. The van der Waals surface area contributed by atoms with Crippen molar-refractivity contribution in [3.63, 3.8) is 0 Å². The van der Waals surface area contributed by atoms with E-state index in [2.05, 4.69) is 17.0 Å². The normalized spacial score (nSPS) is 11.7. The Hall–Kier alpha value is -4.96. The topological polar surface area (TPSA) is 92.8 Å². The monoisotopic (exact) mass is 593 g/mol. The van der Waals surface area contributed by atoms with Gasteiger partial charge in [-0.1, -0.05) is 49.3 Å². The van der Waals surface area contributed by atoms with Crippen molar-refractivity contribution < 1.29 is 14.2 Å². The minimum atomic E-state index is -0.236. The van der Waals surface area contributed by atoms with Crippen LogP contribution in [0.5, 0.6) is 17.2 Å². The summed E-state index contributed by atoms with van der Waals surface area (Å²) in [5.74, 6) is 2.52. The molecule has 0 N–H and O–H groups in total. The van der Waals surface area contributed by atoms with Gasteiger partial charge >= 0.3 is 0 Å². The van der Waals surface area contributed by atoms with Crippen molar-refractivity contribution in [1.29, 1.82) is 0 Å². The molecule has 0 amide bonds. The summed E-state index contributed by atoms with van der Waals surface area (Å²) in [6.07, 6.45) is 7.09. The van der Waals surface area contributed by atoms with Gasteiger partial charge in [-0.05, 0) is 67.1 Å². The van der Waals surface area contributed by atoms with E-state index in [1.165, 1.54) is 15.9 Å². The Morgan fingerprint density at radius 1 is 0.884 bits per heavy atom. The standard InChI is InChI=1S/C33H31N5O4S/c1-4-5-9-18-42-26-15-12-22(13-16-26)31-34-33-38(36-31)32(39)29(43-33)20-24-21-37(25-10-7-6-8-11-25)35-30(24)23-14-17-27(40-2)28(19-23)41-3/h6-8,10-17,19-21H,4-5,9,18H2,1-3H3. The maximum Gasteiger partial charge on any atom is 0.291 e. The predicted molar refractivity (Wildman–Crippen MR) is 168 cm³/mol. The highest BCUT2D eigenvalue weighted by atomic mass is 32.1. The number of aromatic nitrogens is 5. The number of benzene rings is 3. The fourth-order valence-electron chi connectivity index (χ4n) is 4.75. The molecule has 3 heterocycles. The van der Waals surface area contributed by atoms with Crippen LogP contribution in [-0.2, 0) is 0 Å². The second kappa shape index (κ2) is 12.5. The Balaban J connectivity index is 1.36. The molecule has 0 spiro atoms. The van der Waals surface area contributed by atoms with Gasteiger partial charge in [-0.2, -0.15) is 14.6 Å². The molecular formula is C33H31N5O4S. The maximum absolute atomic E-state index is 13.5. The van der Waals surface area contributed by atoms with Crippen molar-refractivity contribution in [2.24, 2.45) is 0 Å². The van der Waals surface area contributed by atoms with Crippen LogP contribution in [0.15, 0.2) is 83.8 Å². The molecule has 43 heavy (non-hydrogen) atoms. The number of hydrogen-bond acceptors (Lipinski definition) is 8. The number of thiazole rings is 1. The van der Waals surface area contributed by atoms with E-state index in [0.29, 0.717) is 39.1 Å². The molecule has 0 aliphatic rings. The molecule has 0 atom stereocenters. The van der Waals surface area contributed by atoms with Gasteiger partial charge < -0.3 is 14.2 Å². The number of ether oxygens (including phenoxy) is 3. The highest BCUT2D eigenvalue weighted by molar-refractivity contribution is 7.15. The van der Waals surface area contributed by atoms with Crippen LogP contribution >= 0.6 is 11.3 Å². The quantitative estimate of drug-likeness (QED) is 0.175. The molecule has 0 saturated heterocycles. The van der Waals surface area contributed by atoms with Crippen LogP contribution in [0.25, 0.3) is 39.4 Å². The van der Waals surface area contributed by atoms with Gasteiger partial charge in [-0.15, -0.1) is 5.10 Å². The van der Waals surface area contributed by atoms with Crippen molar-refractivity contribution in [2.45, 2.75) is 26.2 Å². The molecule has 3 aromatic carbocycles. The Bertz CT molecular complexity index is 1960. The SMILES string of the molecule is CCCCCOc1ccc(-c2nc3sc(=Cc4cn(-c5ccccc5)nc4-c4ccc(OC)c(OC)c4)c(=O)n3n2)cc1. The third-order valence-electron chi connectivity index (χ3n) is 7.02. The molecule has 0 bridgehead atoms. The molecular weight excluding hydrogens is 562 g/mol. The molecule has 0 aliphatic carbocycles. The number of fused-ring (bicyclic) bond motifs is 1. The van der Waals surface area contributed by atoms with Crippen LogP contribution < -0.4 is 24.3 Å². The third-order valence-corrected chi connectivity index (χ3v) is 7.98. The van der Waals surface area contributed by atoms with Gasteiger partial charge in [0.05, 0.1) is 31.0 Å². The summed E-state index contributed by atoms with van der Waals surface area (Å²) >= 11 is 1.29. The number of para-hydroxylation sites is 1. The predicted octanol–water partition coefficient (Wildman–Crippen LogP) is 5.80. The zero-order valence-electron chi connectivity index (χ0n) is 24.2. The molecule has 218 valence electrons. The average molecular weight is 594 g/mol. The first-order valence-corrected chi connectivity index (χ1v) is 14.9. The lowest BCUT2D eigenvalue weighted by Crippen LogP contribution is -2.23. The van der Waals surface area contributed by atoms with Crippen LogP contribution in [0, 0.1) is 0 Å². The van der Waals surface area contributed by atoms with Gasteiger partial charge in [0.2, 0.25) is 4.96 Å². The third kappa shape index (κ3) is 5.87. The highest BCUT2D eigenvalue weighted by Crippen LogP contribution is 2.33. The lowest BCUT2D eigenvalue weighted by molar-refractivity contribution is 0.306. The fourth-order valence-corrected chi connectivity index (χ4v) is 5.65. The van der Waals surface area contributed by atoms with Gasteiger partial charge in [0, 0.05) is 22.9 Å². The lowest BCUT2D eigenvalue weighted by atomic mass is 10.1. The van der Waals surface area contributed by atoms with Crippen molar-refractivity contribution >= 4 is 22.4 Å². The summed E-state index contributed by atoms with van der Waals surface area (Å²) in [5.41, 5.74) is 3.77. The van der Waals surface area contributed by atoms with Gasteiger partial charge in [0.25, 0.3) is 5.56 Å². The van der Waals surface area contributed by atoms with Crippen molar-refractivity contribution in [3.8, 4) is 45.6 Å². The summed E-state index contributed by atoms with van der Waals surface area (Å²) in [7, 11) is 3.20. The Morgan fingerprint density at radius 3 is 2.37 bits per heavy atom. The van der Waals surface area contributed by atoms with E-state index in [4.69, 9.17) is 19.3 Å². The zero-order valence-corrected chi connectivity index (χ0v) is 25.0. The fraction of sp³-hybridized carbons (Fsp3) is 0.212. The Labute approximate surface area is 252 Å². The molecule has 0 radical (unpaired) electrons. The van der Waals surface area contributed by atoms with Gasteiger partial charge in [0.15, 0.2) is 17.3 Å². The van der Waals surface area contributed by atoms with Crippen molar-refractivity contribution in [1.82, 2.24) is 24.4 Å². The van der Waals surface area contributed by atoms with Gasteiger partial charge in [0.1, 0.15) is 11.4 Å². The lowest BCUT2D eigenvalue weighted by Gasteiger charge is -2.09. The molecule has 10 heteroatoms. The number of hydrogen-bond donors (Lipinski definition) is 0. The van der Waals surface area contributed by atoms with E-state index in [-0.39, 0.29) is 5.56 Å². The zero-order chi connectivity index (χ0) is 29.8. The molecule has 0 aliphatic heterocycles. The Morgan fingerprint density at radius 2 is 1.65 bits per heavy atom. The largest absolute Gasteiger partial charge is 0.494 e. The molecule has 0 unspecified atom stereocenters. The van der Waals surface area contributed by atoms with Crippen LogP contribution in [-0.4, -0.2) is 45.2 Å². The molecule has 9 nitrogen and oxygen atoms in total. The van der Waals surface area contributed by atoms with Crippen molar-refractivity contribution in [2.75, 3.05) is 20.8 Å². The summed E-state index contributed by atoms with van der Waals surface area (Å²) in [4.78, 5) is 18.6. The van der Waals surface area contributed by atoms with E-state index in [9.17, 15) is 4.79 Å². The second-order valence-corrected chi connectivity index (χ2v) is 10.9. The molecule has 0 fully saturated rings. The van der Waals surface area contributed by atoms with E-state index in [1.54, 1.807) is 18.9 Å². The molecule has 0 saturated carbocycles. The van der Waals surface area contributed by atoms with Crippen LogP contribution in [0.4, 0.5) is 0 Å². The first-order chi connectivity index (χ1) is 21.1. The van der Waals surface area contributed by atoms with Crippen LogP contribution in [0.3, 0.4) is 0 Å². The summed E-state index contributed by atoms with van der Waals surface area (Å²) in [6.45, 7) is 2.87. The summed E-state index contributed by atoms with van der Waals surface area (Å²) in [5, 5.41) is 9.41. The van der Waals surface area contributed by atoms with E-state index >= 15 is 0 Å². The van der Waals surface area contributed by atoms with Crippen LogP contribution in [0.1, 0.15) is 31.7 Å². The number of unbranched alkanes of at least 4 members (excludes halogenated alkanes) is 2. The number of rotatable bonds is 11. The summed E-state index contributed by atoms with van der Waals surface area (Å²) in [6, 6.07) is 23.1. The number of nitrogens with zero attached hydrogens (tertiary/aromatic N) is 5. The first kappa shape index (κ1) is 28.2. The van der Waals surface area contributed by atoms with Gasteiger partial charge in [-0.25, -0.2) is 4.68 Å². The van der Waals surface area contributed by atoms with E-state index in [0.717, 1.165) is 47.4 Å². The Kier molecular flexibility index (Phi) is 8.19. The minimum Gasteiger partial charge on any atom is -0.494 e. The smallest absolute Gasteiger partial charge is 0.291 e. The second-order valence-electron chi connectivity index (χ2n) is 9.91. The minimum absolute atomic E-state index is 0.236. The van der Waals surface area contributed by atoms with Crippen LogP contribution in [0.2, 0.25) is 0 Å². The van der Waals surface area contributed by atoms with Crippen molar-refractivity contribution in [3.05, 3.63) is 99.4 Å². The summed E-state index contributed by atoms with van der Waals surface area (Å²) < 4.78 is 20.4. The molecule has 6 rings (SSSR count). The molecule has 3 aromatic heterocycles. The maximum atomic E-state index is 13.5. The van der Waals surface area contributed by atoms with E-state index in [1.807, 2.05) is 85.1 Å². The highest BCUT2D eigenvalue weighted by Gasteiger charge is 2.16. The number of methoxy groups -OCH3 is 2.